The molecule has 2 aromatic carbocycles. The van der Waals surface area contributed by atoms with Crippen LogP contribution in [-0.4, -0.2) is 96.9 Å². The summed E-state index contributed by atoms with van der Waals surface area (Å²) >= 11 is 0. The van der Waals surface area contributed by atoms with Crippen molar-refractivity contribution in [2.45, 2.75) is 128 Å². The van der Waals surface area contributed by atoms with Gasteiger partial charge >= 0.3 is 0 Å². The van der Waals surface area contributed by atoms with Gasteiger partial charge in [0.15, 0.2) is 11.6 Å². The lowest BCUT2D eigenvalue weighted by Crippen LogP contribution is -2.49. The van der Waals surface area contributed by atoms with Gasteiger partial charge in [0.2, 0.25) is 23.4 Å². The Hall–Kier alpha value is -5.06. The maximum atomic E-state index is 13.5. The monoisotopic (exact) mass is 813 g/mol. The topological polar surface area (TPSA) is 170 Å². The molecule has 3 rings (SSSR count). The average Bonchev–Trinajstić information content (AvgIpc) is 3.97. The molecule has 0 radical (unpaired) electrons. The van der Waals surface area contributed by atoms with Crippen LogP contribution in [0.25, 0.3) is 0 Å². The second-order valence-corrected chi connectivity index (χ2v) is 16.5. The summed E-state index contributed by atoms with van der Waals surface area (Å²) in [6.07, 6.45) is 17.7. The van der Waals surface area contributed by atoms with Gasteiger partial charge in [0.1, 0.15) is 12.6 Å². The number of amides is 3. The van der Waals surface area contributed by atoms with Gasteiger partial charge in [-0.2, -0.15) is 15.3 Å². The molecular weight excluding hydrogens is 747 g/mol. The maximum absolute atomic E-state index is 13.5. The summed E-state index contributed by atoms with van der Waals surface area (Å²) in [5.41, 5.74) is 5.74. The number of likely N-dealkylation sites (N-methyl/N-ethyl adjacent to an activating group) is 1. The second-order valence-electron chi connectivity index (χ2n) is 16.5. The van der Waals surface area contributed by atoms with E-state index in [9.17, 15) is 24.0 Å². The fraction of sp³-hybridized carbons (Fsp3) is 0.565. The van der Waals surface area contributed by atoms with Gasteiger partial charge in [0.25, 0.3) is 0 Å². The number of nitrogens with zero attached hydrogens (tertiary/aromatic N) is 5. The number of hydrogen-bond acceptors (Lipinski definition) is 9. The third-order valence-electron chi connectivity index (χ3n) is 10.6. The number of anilines is 1. The minimum absolute atomic E-state index is 0.0280. The molecule has 0 unspecified atom stereocenters. The van der Waals surface area contributed by atoms with Crippen molar-refractivity contribution < 1.29 is 33.6 Å². The number of terminal acetylenes is 1. The van der Waals surface area contributed by atoms with Crippen LogP contribution < -0.4 is 10.7 Å². The summed E-state index contributed by atoms with van der Waals surface area (Å²) < 4.78 is 0.554. The second kappa shape index (κ2) is 25.4. The van der Waals surface area contributed by atoms with Crippen LogP contribution in [-0.2, 0) is 36.1 Å². The number of rotatable bonds is 30. The molecule has 1 aliphatic heterocycles. The molecule has 3 amide bonds. The number of benzene rings is 2. The lowest BCUT2D eigenvalue weighted by molar-refractivity contribution is -0.886. The summed E-state index contributed by atoms with van der Waals surface area (Å²) in [7, 11) is 6.18. The molecule has 0 fully saturated rings. The zero-order valence-electron chi connectivity index (χ0n) is 35.7. The van der Waals surface area contributed by atoms with Crippen LogP contribution in [0.1, 0.15) is 126 Å². The first-order valence-corrected chi connectivity index (χ1v) is 21.2. The number of carbonyl (C=O) groups is 5. The Kier molecular flexibility index (Phi) is 20.8. The maximum Gasteiger partial charge on any atom is 0.240 e. The number of aryl methyl sites for hydroxylation is 1. The van der Waals surface area contributed by atoms with Crippen LogP contribution in [0.5, 0.6) is 0 Å². The molecule has 3 N–H and O–H groups in total. The SMILES string of the molecule is C#CCCCN(CCCCC[C@H](C(=O)CCCc1ccc(NC(=O)CCCCCCC(=O)CO)cc1)[N+](C)(C)C)C(=O)CCC(=O)N/N=C/c1ccc(C2(C)N=N2)cc1. The van der Waals surface area contributed by atoms with E-state index in [1.165, 1.54) is 0 Å². The fourth-order valence-corrected chi connectivity index (χ4v) is 6.87. The number of quaternary nitrogens is 1. The van der Waals surface area contributed by atoms with Crippen molar-refractivity contribution in [3.63, 3.8) is 0 Å². The smallest absolute Gasteiger partial charge is 0.240 e. The predicted octanol–water partition coefficient (Wildman–Crippen LogP) is 6.87. The van der Waals surface area contributed by atoms with E-state index in [0.717, 1.165) is 86.6 Å². The first-order valence-electron chi connectivity index (χ1n) is 21.2. The lowest BCUT2D eigenvalue weighted by Gasteiger charge is -2.33. The molecule has 0 bridgehead atoms. The number of carbonyl (C=O) groups excluding carboxylic acids is 5. The Balaban J connectivity index is 1.34. The van der Waals surface area contributed by atoms with E-state index < -0.39 is 12.3 Å². The number of ketones is 2. The van der Waals surface area contributed by atoms with Crippen LogP contribution in [0, 0.1) is 12.3 Å². The highest BCUT2D eigenvalue weighted by atomic mass is 16.3. The van der Waals surface area contributed by atoms with Crippen LogP contribution >= 0.6 is 0 Å². The molecule has 13 heteroatoms. The number of Topliss-reactive ketones (excluding diaryl/α,β-unsaturated/α-hetero) is 2. The first kappa shape index (κ1) is 48.3. The van der Waals surface area contributed by atoms with Crippen molar-refractivity contribution in [1.29, 1.82) is 0 Å². The van der Waals surface area contributed by atoms with Crippen LogP contribution in [0.3, 0.4) is 0 Å². The molecule has 13 nitrogen and oxygen atoms in total. The van der Waals surface area contributed by atoms with Crippen molar-refractivity contribution in [2.24, 2.45) is 15.3 Å². The van der Waals surface area contributed by atoms with Crippen molar-refractivity contribution in [2.75, 3.05) is 46.2 Å². The van der Waals surface area contributed by atoms with Crippen molar-refractivity contribution in [3.8, 4) is 12.3 Å². The van der Waals surface area contributed by atoms with Gasteiger partial charge in [-0.1, -0.05) is 55.7 Å². The van der Waals surface area contributed by atoms with E-state index >= 15 is 0 Å². The van der Waals surface area contributed by atoms with E-state index in [1.54, 1.807) is 11.1 Å². The van der Waals surface area contributed by atoms with Gasteiger partial charge < -0.3 is 19.8 Å². The Morgan fingerprint density at radius 2 is 1.47 bits per heavy atom. The van der Waals surface area contributed by atoms with Crippen LogP contribution in [0.15, 0.2) is 63.9 Å². The normalized spacial score (nSPS) is 13.4. The van der Waals surface area contributed by atoms with E-state index in [1.807, 2.05) is 55.5 Å². The zero-order chi connectivity index (χ0) is 43.1. The molecule has 0 spiro atoms. The molecule has 0 saturated heterocycles. The molecule has 1 atom stereocenters. The Morgan fingerprint density at radius 3 is 2.12 bits per heavy atom. The Morgan fingerprint density at radius 1 is 0.814 bits per heavy atom. The summed E-state index contributed by atoms with van der Waals surface area (Å²) in [5, 5.41) is 23.8. The molecule has 1 heterocycles. The van der Waals surface area contributed by atoms with Gasteiger partial charge in [0, 0.05) is 69.3 Å². The number of hydrazone groups is 1. The minimum atomic E-state index is -0.445. The highest BCUT2D eigenvalue weighted by molar-refractivity contribution is 5.90. The quantitative estimate of drug-likeness (QED) is 0.0256. The largest absolute Gasteiger partial charge is 0.389 e. The average molecular weight is 813 g/mol. The molecular formula is C46H66N7O6+. The predicted molar refractivity (Wildman–Crippen MR) is 231 cm³/mol. The third-order valence-corrected chi connectivity index (χ3v) is 10.6. The molecule has 0 aromatic heterocycles. The summed E-state index contributed by atoms with van der Waals surface area (Å²) in [5.74, 6) is 2.28. The van der Waals surface area contributed by atoms with E-state index in [-0.39, 0.29) is 48.2 Å². The number of nitrogens with one attached hydrogen (secondary N) is 2. The number of unbranched alkanes of at least 4 members (excludes halogenated alkanes) is 6. The van der Waals surface area contributed by atoms with Crippen molar-refractivity contribution >= 4 is 41.2 Å². The van der Waals surface area contributed by atoms with Gasteiger partial charge in [-0.25, -0.2) is 5.43 Å². The summed E-state index contributed by atoms with van der Waals surface area (Å²) in [6.45, 7) is 2.63. The number of aliphatic hydroxyl groups is 1. The van der Waals surface area contributed by atoms with Gasteiger partial charge in [-0.05, 0) is 75.1 Å². The van der Waals surface area contributed by atoms with Gasteiger partial charge in [-0.15, -0.1) is 12.3 Å². The summed E-state index contributed by atoms with van der Waals surface area (Å²) in [4.78, 5) is 64.4. The molecule has 2 aromatic rings. The Bertz CT molecular complexity index is 1750. The molecule has 320 valence electrons. The zero-order valence-corrected chi connectivity index (χ0v) is 35.7. The first-order chi connectivity index (χ1) is 28.2. The third kappa shape index (κ3) is 19.0. The van der Waals surface area contributed by atoms with Crippen molar-refractivity contribution in [1.82, 2.24) is 10.3 Å². The highest BCUT2D eigenvalue weighted by Crippen LogP contribution is 2.38. The lowest BCUT2D eigenvalue weighted by atomic mass is 9.97. The number of hydrogen-bond donors (Lipinski definition) is 3. The van der Waals surface area contributed by atoms with E-state index in [0.29, 0.717) is 49.7 Å². The van der Waals surface area contributed by atoms with Crippen LogP contribution in [0.4, 0.5) is 5.69 Å². The fourth-order valence-electron chi connectivity index (χ4n) is 6.87. The molecule has 1 aliphatic rings. The standard InChI is InChI=1S/C46H65N7O6/c1-6-7-14-32-52(45(59)31-30-44(58)49-47-34-37-22-26-38(27-23-37)46(2)50-51-46)33-15-10-12-19-41(53(3,4)5)42(56)20-16-17-36-24-28-39(29-25-36)48-43(57)21-13-9-8-11-18-40(55)35-54/h1,22-29,34,41,54H,7-21,30-33,35H2,2-5H3,(H-,48,49,57,58)/p+1/b47-34+/t41-/m1/s1. The minimum Gasteiger partial charge on any atom is -0.389 e. The van der Waals surface area contributed by atoms with Gasteiger partial charge in [-0.3, -0.25) is 24.0 Å². The molecule has 59 heavy (non-hydrogen) atoms. The van der Waals surface area contributed by atoms with Crippen LogP contribution in [0.2, 0.25) is 0 Å². The van der Waals surface area contributed by atoms with E-state index in [2.05, 4.69) is 53.1 Å². The van der Waals surface area contributed by atoms with Crippen molar-refractivity contribution in [3.05, 3.63) is 65.2 Å². The Labute approximate surface area is 351 Å². The molecule has 0 saturated carbocycles. The number of aliphatic hydroxyl groups excluding tert-OH is 1. The summed E-state index contributed by atoms with van der Waals surface area (Å²) in [6, 6.07) is 15.3. The van der Waals surface area contributed by atoms with E-state index in [4.69, 9.17) is 11.5 Å². The molecule has 0 aliphatic carbocycles. The highest BCUT2D eigenvalue weighted by Gasteiger charge is 2.35. The van der Waals surface area contributed by atoms with Gasteiger partial charge in [0.05, 0.1) is 27.4 Å².